The van der Waals surface area contributed by atoms with Crippen LogP contribution >= 0.6 is 27.3 Å². The molecule has 1 unspecified atom stereocenters. The van der Waals surface area contributed by atoms with Crippen LogP contribution in [-0.2, 0) is 6.42 Å². The molecule has 0 amide bonds. The minimum atomic E-state index is -0.0755. The Bertz CT molecular complexity index is 512. The molecule has 96 valence electrons. The molecule has 2 N–H and O–H groups in total. The number of thiophene rings is 1. The molecule has 1 heterocycles. The Morgan fingerprint density at radius 1 is 1.33 bits per heavy atom. The number of nitrogens with two attached hydrogens (primary N) is 1. The molecule has 0 spiro atoms. The summed E-state index contributed by atoms with van der Waals surface area (Å²) in [6.07, 6.45) is 0.933. The first-order chi connectivity index (χ1) is 8.72. The maximum absolute atomic E-state index is 5.97. The van der Waals surface area contributed by atoms with E-state index < -0.39 is 0 Å². The monoisotopic (exact) mass is 325 g/mol. The van der Waals surface area contributed by atoms with E-state index in [0.29, 0.717) is 6.54 Å². The Morgan fingerprint density at radius 2 is 2.17 bits per heavy atom. The van der Waals surface area contributed by atoms with Gasteiger partial charge in [0.1, 0.15) is 11.9 Å². The Morgan fingerprint density at radius 3 is 2.78 bits per heavy atom. The molecule has 0 bridgehead atoms. The summed E-state index contributed by atoms with van der Waals surface area (Å²) >= 11 is 5.12. The molecule has 2 rings (SSSR count). The zero-order valence-electron chi connectivity index (χ0n) is 10.2. The number of halogens is 1. The number of aryl methyl sites for hydroxylation is 1. The van der Waals surface area contributed by atoms with Crippen LogP contribution in [0.2, 0.25) is 0 Å². The highest BCUT2D eigenvalue weighted by Crippen LogP contribution is 2.30. The molecule has 1 aromatic heterocycles. The third-order valence-corrected chi connectivity index (χ3v) is 4.43. The van der Waals surface area contributed by atoms with Crippen molar-refractivity contribution < 1.29 is 4.74 Å². The molecule has 2 aromatic rings. The highest BCUT2D eigenvalue weighted by Gasteiger charge is 2.13. The zero-order chi connectivity index (χ0) is 13.0. The normalized spacial score (nSPS) is 12.4. The van der Waals surface area contributed by atoms with E-state index in [0.717, 1.165) is 20.8 Å². The van der Waals surface area contributed by atoms with Crippen LogP contribution in [0.15, 0.2) is 40.2 Å². The Kier molecular flexibility index (Phi) is 4.80. The van der Waals surface area contributed by atoms with E-state index in [-0.39, 0.29) is 6.10 Å². The van der Waals surface area contributed by atoms with Crippen molar-refractivity contribution in [2.75, 3.05) is 6.54 Å². The van der Waals surface area contributed by atoms with Crippen LogP contribution in [0, 0.1) is 0 Å². The molecular weight excluding hydrogens is 310 g/mol. The molecular formula is C14H16BrNOS. The third kappa shape index (κ3) is 3.34. The van der Waals surface area contributed by atoms with Crippen molar-refractivity contribution in [3.63, 3.8) is 0 Å². The van der Waals surface area contributed by atoms with Gasteiger partial charge in [-0.1, -0.05) is 19.1 Å². The molecule has 1 aromatic carbocycles. The summed E-state index contributed by atoms with van der Waals surface area (Å²) < 4.78 is 7.07. The fourth-order valence-corrected chi connectivity index (χ4v) is 3.19. The first-order valence-electron chi connectivity index (χ1n) is 5.93. The van der Waals surface area contributed by atoms with Crippen molar-refractivity contribution in [2.45, 2.75) is 19.4 Å². The fourth-order valence-electron chi connectivity index (χ4n) is 1.73. The molecule has 18 heavy (non-hydrogen) atoms. The molecule has 0 aliphatic heterocycles. The molecule has 0 radical (unpaired) electrons. The second kappa shape index (κ2) is 6.36. The van der Waals surface area contributed by atoms with Gasteiger partial charge in [-0.05, 0) is 52.2 Å². The van der Waals surface area contributed by atoms with Crippen LogP contribution in [-0.4, -0.2) is 6.54 Å². The van der Waals surface area contributed by atoms with Crippen LogP contribution < -0.4 is 10.5 Å². The van der Waals surface area contributed by atoms with Gasteiger partial charge in [0.05, 0.1) is 3.79 Å². The quantitative estimate of drug-likeness (QED) is 0.896. The van der Waals surface area contributed by atoms with Crippen molar-refractivity contribution in [3.8, 4) is 5.75 Å². The van der Waals surface area contributed by atoms with Gasteiger partial charge in [-0.3, -0.25) is 0 Å². The molecule has 2 nitrogen and oxygen atoms in total. The largest absolute Gasteiger partial charge is 0.484 e. The van der Waals surface area contributed by atoms with Crippen LogP contribution in [0.4, 0.5) is 0 Å². The van der Waals surface area contributed by atoms with Gasteiger partial charge in [-0.2, -0.15) is 0 Å². The first kappa shape index (κ1) is 13.6. The van der Waals surface area contributed by atoms with Crippen molar-refractivity contribution in [1.82, 2.24) is 0 Å². The molecule has 4 heteroatoms. The van der Waals surface area contributed by atoms with Crippen LogP contribution in [0.1, 0.15) is 23.5 Å². The van der Waals surface area contributed by atoms with E-state index in [9.17, 15) is 0 Å². The van der Waals surface area contributed by atoms with Gasteiger partial charge < -0.3 is 10.5 Å². The lowest BCUT2D eigenvalue weighted by Gasteiger charge is -2.16. The number of hydrogen-bond donors (Lipinski definition) is 1. The minimum Gasteiger partial charge on any atom is -0.484 e. The summed E-state index contributed by atoms with van der Waals surface area (Å²) in [7, 11) is 0. The molecule has 0 saturated heterocycles. The van der Waals surface area contributed by atoms with Gasteiger partial charge >= 0.3 is 0 Å². The Hall–Kier alpha value is -0.840. The summed E-state index contributed by atoms with van der Waals surface area (Å²) in [5.41, 5.74) is 7.07. The second-order valence-electron chi connectivity index (χ2n) is 3.99. The summed E-state index contributed by atoms with van der Waals surface area (Å²) in [5.74, 6) is 0.884. The van der Waals surface area contributed by atoms with Gasteiger partial charge in [0.25, 0.3) is 0 Å². The predicted molar refractivity (Wildman–Crippen MR) is 80.3 cm³/mol. The average molecular weight is 326 g/mol. The fraction of sp³-hybridized carbons (Fsp3) is 0.286. The van der Waals surface area contributed by atoms with E-state index in [2.05, 4.69) is 41.1 Å². The van der Waals surface area contributed by atoms with Crippen molar-refractivity contribution >= 4 is 27.3 Å². The summed E-state index contributed by atoms with van der Waals surface area (Å²) in [6, 6.07) is 12.2. The van der Waals surface area contributed by atoms with Crippen LogP contribution in [0.3, 0.4) is 0 Å². The van der Waals surface area contributed by atoms with Crippen molar-refractivity contribution in [2.24, 2.45) is 5.73 Å². The van der Waals surface area contributed by atoms with Crippen molar-refractivity contribution in [1.29, 1.82) is 0 Å². The van der Waals surface area contributed by atoms with Crippen LogP contribution in [0.5, 0.6) is 5.75 Å². The molecule has 0 aliphatic carbocycles. The lowest BCUT2D eigenvalue weighted by Crippen LogP contribution is -2.17. The Labute approximate surface area is 120 Å². The highest BCUT2D eigenvalue weighted by molar-refractivity contribution is 9.11. The van der Waals surface area contributed by atoms with Gasteiger partial charge in [-0.15, -0.1) is 11.3 Å². The van der Waals surface area contributed by atoms with Gasteiger partial charge in [0, 0.05) is 11.4 Å². The highest BCUT2D eigenvalue weighted by atomic mass is 79.9. The molecule has 0 fully saturated rings. The van der Waals surface area contributed by atoms with Crippen molar-refractivity contribution in [3.05, 3.63) is 50.6 Å². The first-order valence-corrected chi connectivity index (χ1v) is 7.54. The SMILES string of the molecule is CCc1cccc(OC(CN)c2ccc(Br)s2)c1. The maximum Gasteiger partial charge on any atom is 0.145 e. The maximum atomic E-state index is 5.97. The topological polar surface area (TPSA) is 35.2 Å². The van der Waals surface area contributed by atoms with E-state index >= 15 is 0 Å². The van der Waals surface area contributed by atoms with E-state index in [1.54, 1.807) is 11.3 Å². The number of hydrogen-bond acceptors (Lipinski definition) is 3. The van der Waals surface area contributed by atoms with Gasteiger partial charge in [0.2, 0.25) is 0 Å². The molecule has 1 atom stereocenters. The lowest BCUT2D eigenvalue weighted by atomic mass is 10.1. The smallest absolute Gasteiger partial charge is 0.145 e. The lowest BCUT2D eigenvalue weighted by molar-refractivity contribution is 0.218. The number of rotatable bonds is 5. The van der Waals surface area contributed by atoms with Gasteiger partial charge in [0.15, 0.2) is 0 Å². The molecule has 0 saturated carbocycles. The van der Waals surface area contributed by atoms with E-state index in [1.165, 1.54) is 5.56 Å². The van der Waals surface area contributed by atoms with Crippen LogP contribution in [0.25, 0.3) is 0 Å². The summed E-state index contributed by atoms with van der Waals surface area (Å²) in [4.78, 5) is 1.14. The summed E-state index contributed by atoms with van der Waals surface area (Å²) in [6.45, 7) is 2.61. The number of benzene rings is 1. The number of ether oxygens (including phenoxy) is 1. The standard InChI is InChI=1S/C14H16BrNOS/c1-2-10-4-3-5-11(8-10)17-12(9-16)13-6-7-14(15)18-13/h3-8,12H,2,9,16H2,1H3. The molecule has 0 aliphatic rings. The summed E-state index contributed by atoms with van der Waals surface area (Å²) in [5, 5.41) is 0. The van der Waals surface area contributed by atoms with Gasteiger partial charge in [-0.25, -0.2) is 0 Å². The second-order valence-corrected chi connectivity index (χ2v) is 6.48. The van der Waals surface area contributed by atoms with E-state index in [4.69, 9.17) is 10.5 Å². The predicted octanol–water partition coefficient (Wildman–Crippen LogP) is 4.15. The Balaban J connectivity index is 2.14. The van der Waals surface area contributed by atoms with E-state index in [1.807, 2.05) is 18.2 Å². The minimum absolute atomic E-state index is 0.0755. The third-order valence-electron chi connectivity index (χ3n) is 2.71. The average Bonchev–Trinajstić information content (AvgIpc) is 2.82. The zero-order valence-corrected chi connectivity index (χ0v) is 12.6.